The van der Waals surface area contributed by atoms with Crippen molar-refractivity contribution in [3.63, 3.8) is 0 Å². The number of hydrogen-bond donors (Lipinski definition) is 1. The van der Waals surface area contributed by atoms with E-state index in [1.165, 1.54) is 12.2 Å². The third-order valence-corrected chi connectivity index (χ3v) is 4.24. The van der Waals surface area contributed by atoms with Gasteiger partial charge in [0.15, 0.2) is 0 Å². The van der Waals surface area contributed by atoms with Crippen LogP contribution >= 0.6 is 11.8 Å². The van der Waals surface area contributed by atoms with Crippen LogP contribution in [-0.2, 0) is 4.79 Å². The van der Waals surface area contributed by atoms with E-state index in [0.29, 0.717) is 5.78 Å². The lowest BCUT2D eigenvalue weighted by Gasteiger charge is -2.38. The summed E-state index contributed by atoms with van der Waals surface area (Å²) in [5, 5.41) is 3.34. The molecule has 2 rings (SSSR count). The molecule has 2 fully saturated rings. The van der Waals surface area contributed by atoms with Gasteiger partial charge in [-0.05, 0) is 18.6 Å². The minimum absolute atomic E-state index is 0.0289. The number of nitrogens with one attached hydrogen (secondary N) is 1. The zero-order chi connectivity index (χ0) is 8.44. The number of piperidine rings is 1. The van der Waals surface area contributed by atoms with Crippen molar-refractivity contribution in [1.82, 2.24) is 5.32 Å². The Morgan fingerprint density at radius 3 is 3.08 bits per heavy atom. The summed E-state index contributed by atoms with van der Waals surface area (Å²) >= 11 is 1.94. The van der Waals surface area contributed by atoms with Crippen molar-refractivity contribution in [2.45, 2.75) is 19.3 Å². The second-order valence-corrected chi connectivity index (χ2v) is 4.89. The summed E-state index contributed by atoms with van der Waals surface area (Å²) in [6.45, 7) is 1.82. The molecule has 0 aromatic rings. The van der Waals surface area contributed by atoms with Gasteiger partial charge in [-0.2, -0.15) is 11.8 Å². The predicted octanol–water partition coefficient (Wildman–Crippen LogP) is 1.06. The van der Waals surface area contributed by atoms with Gasteiger partial charge in [-0.1, -0.05) is 0 Å². The smallest absolute Gasteiger partial charge is 0.142 e. The molecule has 0 aromatic carbocycles. The van der Waals surface area contributed by atoms with Crippen LogP contribution in [0.1, 0.15) is 19.3 Å². The molecule has 2 nitrogen and oxygen atoms in total. The Bertz CT molecular complexity index is 179. The fraction of sp³-hybridized carbons (Fsp3) is 0.889. The number of thioether (sulfide) groups is 1. The second-order valence-electron chi connectivity index (χ2n) is 3.79. The third-order valence-electron chi connectivity index (χ3n) is 2.91. The molecular formula is C9H15NOS. The predicted molar refractivity (Wildman–Crippen MR) is 51.5 cm³/mol. The number of ketones is 1. The normalized spacial score (nSPS) is 37.2. The molecule has 0 bridgehead atoms. The molecule has 0 radical (unpaired) electrons. The van der Waals surface area contributed by atoms with Gasteiger partial charge >= 0.3 is 0 Å². The van der Waals surface area contributed by atoms with E-state index >= 15 is 0 Å². The van der Waals surface area contributed by atoms with Crippen LogP contribution in [0.4, 0.5) is 0 Å². The third kappa shape index (κ3) is 1.40. The zero-order valence-electron chi connectivity index (χ0n) is 7.27. The van der Waals surface area contributed by atoms with Gasteiger partial charge in [0.05, 0.1) is 5.41 Å². The Morgan fingerprint density at radius 2 is 2.42 bits per heavy atom. The van der Waals surface area contributed by atoms with Crippen LogP contribution in [-0.4, -0.2) is 30.4 Å². The van der Waals surface area contributed by atoms with Crippen molar-refractivity contribution in [3.05, 3.63) is 0 Å². The van der Waals surface area contributed by atoms with Crippen LogP contribution in [0.3, 0.4) is 0 Å². The molecule has 0 amide bonds. The average Bonchev–Trinajstić information content (AvgIpc) is 2.12. The van der Waals surface area contributed by atoms with E-state index in [0.717, 1.165) is 31.7 Å². The summed E-state index contributed by atoms with van der Waals surface area (Å²) in [5.41, 5.74) is 0.0289. The van der Waals surface area contributed by atoms with Gasteiger partial charge in [0.1, 0.15) is 5.78 Å². The van der Waals surface area contributed by atoms with Crippen LogP contribution in [0, 0.1) is 5.41 Å². The molecule has 1 atom stereocenters. The van der Waals surface area contributed by atoms with Gasteiger partial charge in [-0.15, -0.1) is 0 Å². The van der Waals surface area contributed by atoms with E-state index in [1.54, 1.807) is 0 Å². The number of Topliss-reactive ketones (excluding diaryl/α,β-unsaturated/α-hetero) is 1. The number of rotatable bonds is 0. The molecule has 0 aliphatic carbocycles. The van der Waals surface area contributed by atoms with E-state index in [1.807, 2.05) is 11.8 Å². The molecule has 2 aliphatic heterocycles. The number of hydrogen-bond acceptors (Lipinski definition) is 3. The highest BCUT2D eigenvalue weighted by molar-refractivity contribution is 7.99. The SMILES string of the molecule is O=C1CCNCC12CCCSC2. The minimum atomic E-state index is 0.0289. The Labute approximate surface area is 77.5 Å². The average molecular weight is 185 g/mol. The van der Waals surface area contributed by atoms with Crippen molar-refractivity contribution in [2.24, 2.45) is 5.41 Å². The second kappa shape index (κ2) is 3.38. The van der Waals surface area contributed by atoms with Gasteiger partial charge in [0, 0.05) is 25.3 Å². The molecular weight excluding hydrogens is 170 g/mol. The Kier molecular flexibility index (Phi) is 2.42. The van der Waals surface area contributed by atoms with Gasteiger partial charge in [0.25, 0.3) is 0 Å². The summed E-state index contributed by atoms with van der Waals surface area (Å²) in [6.07, 6.45) is 3.09. The van der Waals surface area contributed by atoms with Crippen LogP contribution in [0.15, 0.2) is 0 Å². The first-order chi connectivity index (χ1) is 5.83. The van der Waals surface area contributed by atoms with Crippen LogP contribution in [0.5, 0.6) is 0 Å². The summed E-state index contributed by atoms with van der Waals surface area (Å²) < 4.78 is 0. The molecule has 0 saturated carbocycles. The molecule has 2 saturated heterocycles. The lowest BCUT2D eigenvalue weighted by molar-refractivity contribution is -0.129. The van der Waals surface area contributed by atoms with E-state index in [-0.39, 0.29) is 5.41 Å². The summed E-state index contributed by atoms with van der Waals surface area (Å²) in [4.78, 5) is 11.7. The summed E-state index contributed by atoms with van der Waals surface area (Å²) in [7, 11) is 0. The van der Waals surface area contributed by atoms with Crippen molar-refractivity contribution >= 4 is 17.5 Å². The number of carbonyl (C=O) groups excluding carboxylic acids is 1. The Hall–Kier alpha value is -0.0200. The molecule has 1 spiro atoms. The standard InChI is InChI=1S/C9H15NOS/c11-8-2-4-10-6-9(8)3-1-5-12-7-9/h10H,1-7H2. The largest absolute Gasteiger partial charge is 0.315 e. The molecule has 2 heterocycles. The number of carbonyl (C=O) groups is 1. The quantitative estimate of drug-likeness (QED) is 0.612. The Morgan fingerprint density at radius 1 is 1.50 bits per heavy atom. The van der Waals surface area contributed by atoms with E-state index < -0.39 is 0 Å². The first kappa shape index (κ1) is 8.57. The molecule has 1 N–H and O–H groups in total. The first-order valence-corrected chi connectivity index (χ1v) is 5.81. The molecule has 3 heteroatoms. The molecule has 1 unspecified atom stereocenters. The lowest BCUT2D eigenvalue weighted by Crippen LogP contribution is -2.50. The van der Waals surface area contributed by atoms with E-state index in [4.69, 9.17) is 0 Å². The molecule has 0 aromatic heterocycles. The van der Waals surface area contributed by atoms with Crippen LogP contribution in [0.25, 0.3) is 0 Å². The highest BCUT2D eigenvalue weighted by atomic mass is 32.2. The maximum absolute atomic E-state index is 11.7. The summed E-state index contributed by atoms with van der Waals surface area (Å²) in [6, 6.07) is 0. The van der Waals surface area contributed by atoms with Gasteiger partial charge in [-0.3, -0.25) is 4.79 Å². The molecule has 12 heavy (non-hydrogen) atoms. The highest BCUT2D eigenvalue weighted by Gasteiger charge is 2.40. The van der Waals surface area contributed by atoms with Crippen molar-refractivity contribution in [2.75, 3.05) is 24.6 Å². The molecule has 68 valence electrons. The molecule has 2 aliphatic rings. The van der Waals surface area contributed by atoms with Crippen LogP contribution < -0.4 is 5.32 Å². The fourth-order valence-electron chi connectivity index (χ4n) is 2.10. The summed E-state index contributed by atoms with van der Waals surface area (Å²) in [5.74, 6) is 2.81. The van der Waals surface area contributed by atoms with E-state index in [9.17, 15) is 4.79 Å². The topological polar surface area (TPSA) is 29.1 Å². The zero-order valence-corrected chi connectivity index (χ0v) is 8.08. The lowest BCUT2D eigenvalue weighted by atomic mass is 9.77. The van der Waals surface area contributed by atoms with Crippen LogP contribution in [0.2, 0.25) is 0 Å². The van der Waals surface area contributed by atoms with E-state index in [2.05, 4.69) is 5.32 Å². The minimum Gasteiger partial charge on any atom is -0.315 e. The van der Waals surface area contributed by atoms with Gasteiger partial charge < -0.3 is 5.32 Å². The van der Waals surface area contributed by atoms with Gasteiger partial charge in [0.2, 0.25) is 0 Å². The Balaban J connectivity index is 2.09. The highest BCUT2D eigenvalue weighted by Crippen LogP contribution is 2.36. The monoisotopic (exact) mass is 185 g/mol. The van der Waals surface area contributed by atoms with Crippen molar-refractivity contribution in [3.8, 4) is 0 Å². The maximum Gasteiger partial charge on any atom is 0.142 e. The van der Waals surface area contributed by atoms with Crippen molar-refractivity contribution < 1.29 is 4.79 Å². The van der Waals surface area contributed by atoms with Crippen molar-refractivity contribution in [1.29, 1.82) is 0 Å². The van der Waals surface area contributed by atoms with Gasteiger partial charge in [-0.25, -0.2) is 0 Å². The first-order valence-electron chi connectivity index (χ1n) is 4.65. The maximum atomic E-state index is 11.7. The fourth-order valence-corrected chi connectivity index (χ4v) is 3.40.